The van der Waals surface area contributed by atoms with Crippen LogP contribution in [-0.2, 0) is 19.5 Å². The molecule has 0 atom stereocenters. The van der Waals surface area contributed by atoms with Crippen molar-refractivity contribution < 1.29 is 14.2 Å². The number of ether oxygens (including phenoxy) is 3. The summed E-state index contributed by atoms with van der Waals surface area (Å²) < 4.78 is 16.8. The van der Waals surface area contributed by atoms with E-state index in [4.69, 9.17) is 19.2 Å². The van der Waals surface area contributed by atoms with Gasteiger partial charge in [-0.3, -0.25) is 14.7 Å². The fourth-order valence-electron chi connectivity index (χ4n) is 3.87. The zero-order valence-corrected chi connectivity index (χ0v) is 16.7. The van der Waals surface area contributed by atoms with Gasteiger partial charge in [0.2, 0.25) is 6.79 Å². The predicted octanol–water partition coefficient (Wildman–Crippen LogP) is 2.52. The molecule has 1 aromatic carbocycles. The summed E-state index contributed by atoms with van der Waals surface area (Å²) >= 11 is 0. The summed E-state index contributed by atoms with van der Waals surface area (Å²) in [5.41, 5.74) is 3.15. The lowest BCUT2D eigenvalue weighted by Crippen LogP contribution is -2.35. The molecular formula is C22H22N4O4. The van der Waals surface area contributed by atoms with Crippen molar-refractivity contribution >= 4 is 0 Å². The molecule has 2 aliphatic heterocycles. The van der Waals surface area contributed by atoms with Gasteiger partial charge in [-0.1, -0.05) is 6.07 Å². The Labute approximate surface area is 173 Å². The first-order valence-corrected chi connectivity index (χ1v) is 10.0. The Morgan fingerprint density at radius 2 is 2.10 bits per heavy atom. The molecule has 0 saturated heterocycles. The molecule has 0 bridgehead atoms. The van der Waals surface area contributed by atoms with Crippen molar-refractivity contribution in [3.8, 4) is 28.8 Å². The van der Waals surface area contributed by atoms with Crippen molar-refractivity contribution in [2.75, 3.05) is 19.9 Å². The van der Waals surface area contributed by atoms with Crippen LogP contribution in [0.1, 0.15) is 23.7 Å². The standard InChI is InChI=1S/C22H22N4O4/c1-2-28-18-10-20-19(29-13-30-20)9-14(18)11-26-8-6-15-17(12-26)24-21(25-22(15)27)16-5-3-4-7-23-16/h3-5,7,9-10H,2,6,8,11-13H2,1H3,(H,24,25,27). The second kappa shape index (κ2) is 7.79. The van der Waals surface area contributed by atoms with E-state index >= 15 is 0 Å². The Morgan fingerprint density at radius 1 is 1.23 bits per heavy atom. The van der Waals surface area contributed by atoms with Crippen molar-refractivity contribution in [3.05, 3.63) is 63.7 Å². The Balaban J connectivity index is 1.42. The third-order valence-corrected chi connectivity index (χ3v) is 5.31. The van der Waals surface area contributed by atoms with Gasteiger partial charge in [0.25, 0.3) is 5.56 Å². The lowest BCUT2D eigenvalue weighted by molar-refractivity contribution is 0.173. The van der Waals surface area contributed by atoms with Crippen LogP contribution in [0, 0.1) is 0 Å². The number of aromatic amines is 1. The number of pyridine rings is 1. The van der Waals surface area contributed by atoms with Crippen LogP contribution in [0.5, 0.6) is 17.2 Å². The first-order valence-electron chi connectivity index (χ1n) is 10.0. The molecule has 8 heteroatoms. The lowest BCUT2D eigenvalue weighted by atomic mass is 10.0. The quantitative estimate of drug-likeness (QED) is 0.696. The zero-order valence-electron chi connectivity index (χ0n) is 16.7. The van der Waals surface area contributed by atoms with Gasteiger partial charge in [0.05, 0.1) is 12.3 Å². The summed E-state index contributed by atoms with van der Waals surface area (Å²) in [7, 11) is 0. The predicted molar refractivity (Wildman–Crippen MR) is 110 cm³/mol. The lowest BCUT2D eigenvalue weighted by Gasteiger charge is -2.28. The number of aromatic nitrogens is 3. The first kappa shape index (κ1) is 18.6. The zero-order chi connectivity index (χ0) is 20.5. The second-order valence-corrected chi connectivity index (χ2v) is 7.26. The minimum absolute atomic E-state index is 0.0848. The van der Waals surface area contributed by atoms with Crippen LogP contribution >= 0.6 is 0 Å². The molecule has 5 rings (SSSR count). The van der Waals surface area contributed by atoms with Gasteiger partial charge in [0, 0.05) is 43.0 Å². The van der Waals surface area contributed by atoms with E-state index in [1.165, 1.54) is 0 Å². The molecule has 4 heterocycles. The van der Waals surface area contributed by atoms with E-state index in [9.17, 15) is 4.79 Å². The summed E-state index contributed by atoms with van der Waals surface area (Å²) in [5.74, 6) is 2.73. The Morgan fingerprint density at radius 3 is 2.90 bits per heavy atom. The van der Waals surface area contributed by atoms with E-state index in [1.54, 1.807) is 6.20 Å². The molecule has 0 fully saturated rings. The number of hydrogen-bond donors (Lipinski definition) is 1. The van der Waals surface area contributed by atoms with Crippen LogP contribution in [0.15, 0.2) is 41.3 Å². The van der Waals surface area contributed by atoms with E-state index in [2.05, 4.69) is 14.9 Å². The Kier molecular flexibility index (Phi) is 4.84. The summed E-state index contributed by atoms with van der Waals surface area (Å²) in [6, 6.07) is 9.42. The third-order valence-electron chi connectivity index (χ3n) is 5.31. The molecule has 1 N–H and O–H groups in total. The summed E-state index contributed by atoms with van der Waals surface area (Å²) in [6.45, 7) is 4.77. The molecule has 0 spiro atoms. The van der Waals surface area contributed by atoms with Crippen LogP contribution in [0.4, 0.5) is 0 Å². The molecule has 154 valence electrons. The minimum atomic E-state index is -0.0848. The highest BCUT2D eigenvalue weighted by atomic mass is 16.7. The molecule has 30 heavy (non-hydrogen) atoms. The van der Waals surface area contributed by atoms with E-state index in [-0.39, 0.29) is 12.4 Å². The topological polar surface area (TPSA) is 89.6 Å². The van der Waals surface area contributed by atoms with E-state index in [0.29, 0.717) is 43.4 Å². The van der Waals surface area contributed by atoms with Crippen LogP contribution in [0.2, 0.25) is 0 Å². The average Bonchev–Trinajstić information content (AvgIpc) is 3.22. The number of hydrogen-bond acceptors (Lipinski definition) is 7. The number of H-pyrrole nitrogens is 1. The van der Waals surface area contributed by atoms with E-state index in [1.807, 2.05) is 37.3 Å². The molecule has 2 aliphatic rings. The Hall–Kier alpha value is -3.39. The fourth-order valence-corrected chi connectivity index (χ4v) is 3.87. The molecule has 0 radical (unpaired) electrons. The highest BCUT2D eigenvalue weighted by molar-refractivity contribution is 5.52. The van der Waals surface area contributed by atoms with Crippen molar-refractivity contribution in [1.29, 1.82) is 0 Å². The van der Waals surface area contributed by atoms with Crippen LogP contribution in [0.25, 0.3) is 11.5 Å². The van der Waals surface area contributed by atoms with Crippen molar-refractivity contribution in [2.45, 2.75) is 26.4 Å². The summed E-state index contributed by atoms with van der Waals surface area (Å²) in [4.78, 5) is 26.8. The maximum Gasteiger partial charge on any atom is 0.254 e. The van der Waals surface area contributed by atoms with Gasteiger partial charge in [-0.25, -0.2) is 4.98 Å². The van der Waals surface area contributed by atoms with Crippen LogP contribution < -0.4 is 19.8 Å². The number of nitrogens with one attached hydrogen (secondary N) is 1. The number of fused-ring (bicyclic) bond motifs is 2. The highest BCUT2D eigenvalue weighted by Crippen LogP contribution is 2.39. The molecule has 0 saturated carbocycles. The smallest absolute Gasteiger partial charge is 0.254 e. The molecule has 0 unspecified atom stereocenters. The number of rotatable bonds is 5. The number of benzene rings is 1. The van der Waals surface area contributed by atoms with Crippen molar-refractivity contribution in [2.24, 2.45) is 0 Å². The third kappa shape index (κ3) is 3.50. The molecule has 8 nitrogen and oxygen atoms in total. The fraction of sp³-hybridized carbons (Fsp3) is 0.318. The van der Waals surface area contributed by atoms with Crippen LogP contribution in [0.3, 0.4) is 0 Å². The average molecular weight is 406 g/mol. The van der Waals surface area contributed by atoms with Crippen molar-refractivity contribution in [1.82, 2.24) is 19.9 Å². The second-order valence-electron chi connectivity index (χ2n) is 7.26. The highest BCUT2D eigenvalue weighted by Gasteiger charge is 2.24. The largest absolute Gasteiger partial charge is 0.493 e. The Bertz CT molecular complexity index is 1130. The van der Waals surface area contributed by atoms with Gasteiger partial charge in [0.15, 0.2) is 17.3 Å². The molecule has 2 aromatic heterocycles. The summed E-state index contributed by atoms with van der Waals surface area (Å²) in [5, 5.41) is 0. The molecule has 0 amide bonds. The van der Waals surface area contributed by atoms with Gasteiger partial charge in [-0.15, -0.1) is 0 Å². The van der Waals surface area contributed by atoms with Gasteiger partial charge >= 0.3 is 0 Å². The SMILES string of the molecule is CCOc1cc2c(cc1CN1CCc3c(nc(-c4ccccn4)[nH]c3=O)C1)OCO2. The normalized spacial score (nSPS) is 15.1. The molecule has 3 aromatic rings. The summed E-state index contributed by atoms with van der Waals surface area (Å²) in [6.07, 6.45) is 2.34. The molecular weight excluding hydrogens is 384 g/mol. The first-order chi connectivity index (χ1) is 14.7. The van der Waals surface area contributed by atoms with E-state index in [0.717, 1.165) is 34.9 Å². The van der Waals surface area contributed by atoms with Gasteiger partial charge in [-0.05, 0) is 31.5 Å². The monoisotopic (exact) mass is 406 g/mol. The van der Waals surface area contributed by atoms with Gasteiger partial charge in [-0.2, -0.15) is 0 Å². The van der Waals surface area contributed by atoms with Crippen molar-refractivity contribution in [3.63, 3.8) is 0 Å². The van der Waals surface area contributed by atoms with Crippen LogP contribution in [-0.4, -0.2) is 39.8 Å². The number of nitrogens with zero attached hydrogens (tertiary/aromatic N) is 3. The maximum atomic E-state index is 12.6. The van der Waals surface area contributed by atoms with Gasteiger partial charge < -0.3 is 19.2 Å². The minimum Gasteiger partial charge on any atom is -0.493 e. The maximum absolute atomic E-state index is 12.6. The molecule has 0 aliphatic carbocycles. The van der Waals surface area contributed by atoms with Gasteiger partial charge in [0.1, 0.15) is 11.4 Å². The van der Waals surface area contributed by atoms with E-state index < -0.39 is 0 Å².